The molecule has 8 nitrogen and oxygen atoms in total. The molecular formula is C19H20N4O4. The number of anilines is 1. The third-order valence-electron chi connectivity index (χ3n) is 4.06. The normalized spacial score (nSPS) is 12.7. The molecule has 0 aromatic heterocycles. The van der Waals surface area contributed by atoms with Gasteiger partial charge in [0, 0.05) is 18.7 Å². The van der Waals surface area contributed by atoms with E-state index in [-0.39, 0.29) is 5.91 Å². The number of nitrogens with one attached hydrogen (secondary N) is 2. The van der Waals surface area contributed by atoms with Crippen LogP contribution in [0.5, 0.6) is 5.75 Å². The number of nitrogens with zero attached hydrogens (tertiary/aromatic N) is 2. The summed E-state index contributed by atoms with van der Waals surface area (Å²) < 4.78 is 5.07. The number of guanidine groups is 1. The third kappa shape index (κ3) is 4.35. The summed E-state index contributed by atoms with van der Waals surface area (Å²) in [5, 5.41) is 15.2. The van der Waals surface area contributed by atoms with Gasteiger partial charge in [-0.1, -0.05) is 12.1 Å². The number of rotatable bonds is 5. The first kappa shape index (κ1) is 18.2. The van der Waals surface area contributed by atoms with Crippen molar-refractivity contribution in [2.45, 2.75) is 6.54 Å². The second-order valence-electron chi connectivity index (χ2n) is 5.83. The number of carbonyl (C=O) groups is 2. The third-order valence-corrected chi connectivity index (χ3v) is 4.06. The second kappa shape index (κ2) is 8.22. The second-order valence-corrected chi connectivity index (χ2v) is 5.83. The van der Waals surface area contributed by atoms with Crippen LogP contribution in [0.4, 0.5) is 10.5 Å². The van der Waals surface area contributed by atoms with Gasteiger partial charge in [-0.2, -0.15) is 0 Å². The van der Waals surface area contributed by atoms with Crippen LogP contribution in [0.2, 0.25) is 0 Å². The summed E-state index contributed by atoms with van der Waals surface area (Å²) in [6, 6.07) is 13.8. The maximum atomic E-state index is 12.2. The SMILES string of the molecule is COc1ccc(C(=O)NCc2ccc(N(C(=O)O)C3=NCCN3)cc2)cc1. The van der Waals surface area contributed by atoms with Gasteiger partial charge in [0.2, 0.25) is 5.96 Å². The van der Waals surface area contributed by atoms with Crippen LogP contribution in [-0.2, 0) is 6.54 Å². The zero-order valence-electron chi connectivity index (χ0n) is 14.8. The van der Waals surface area contributed by atoms with Crippen molar-refractivity contribution in [1.29, 1.82) is 0 Å². The summed E-state index contributed by atoms with van der Waals surface area (Å²) in [4.78, 5) is 29.0. The van der Waals surface area contributed by atoms with Gasteiger partial charge >= 0.3 is 6.09 Å². The zero-order valence-corrected chi connectivity index (χ0v) is 14.8. The van der Waals surface area contributed by atoms with Crippen molar-refractivity contribution in [3.8, 4) is 5.75 Å². The van der Waals surface area contributed by atoms with Crippen LogP contribution < -0.4 is 20.3 Å². The highest BCUT2D eigenvalue weighted by Crippen LogP contribution is 2.17. The molecular weight excluding hydrogens is 348 g/mol. The van der Waals surface area contributed by atoms with E-state index in [0.29, 0.717) is 42.6 Å². The highest BCUT2D eigenvalue weighted by molar-refractivity contribution is 6.13. The molecule has 3 N–H and O–H groups in total. The molecule has 0 bridgehead atoms. The number of carbonyl (C=O) groups excluding carboxylic acids is 1. The lowest BCUT2D eigenvalue weighted by molar-refractivity contribution is 0.0951. The van der Waals surface area contributed by atoms with Gasteiger partial charge in [0.15, 0.2) is 0 Å². The Kier molecular flexibility index (Phi) is 5.55. The number of hydrogen-bond donors (Lipinski definition) is 3. The molecule has 0 fully saturated rings. The van der Waals surface area contributed by atoms with Crippen LogP contribution in [0, 0.1) is 0 Å². The molecule has 0 unspecified atom stereocenters. The fourth-order valence-electron chi connectivity index (χ4n) is 2.65. The van der Waals surface area contributed by atoms with E-state index < -0.39 is 6.09 Å². The maximum absolute atomic E-state index is 12.2. The number of methoxy groups -OCH3 is 1. The minimum absolute atomic E-state index is 0.196. The van der Waals surface area contributed by atoms with Gasteiger partial charge < -0.3 is 20.5 Å². The Morgan fingerprint density at radius 1 is 1.19 bits per heavy atom. The van der Waals surface area contributed by atoms with Crippen LogP contribution in [0.25, 0.3) is 0 Å². The predicted octanol–water partition coefficient (Wildman–Crippen LogP) is 2.07. The molecule has 2 aromatic rings. The molecule has 140 valence electrons. The van der Waals surface area contributed by atoms with E-state index in [1.807, 2.05) is 0 Å². The minimum atomic E-state index is -1.11. The molecule has 0 radical (unpaired) electrons. The molecule has 0 atom stereocenters. The Morgan fingerprint density at radius 2 is 1.89 bits per heavy atom. The van der Waals surface area contributed by atoms with E-state index in [4.69, 9.17) is 4.74 Å². The van der Waals surface area contributed by atoms with E-state index in [2.05, 4.69) is 15.6 Å². The highest BCUT2D eigenvalue weighted by atomic mass is 16.5. The number of carboxylic acid groups (broad SMARTS) is 1. The van der Waals surface area contributed by atoms with Gasteiger partial charge in [0.05, 0.1) is 19.3 Å². The van der Waals surface area contributed by atoms with Crippen LogP contribution >= 0.6 is 0 Å². The van der Waals surface area contributed by atoms with E-state index in [0.717, 1.165) is 10.5 Å². The molecule has 0 saturated carbocycles. The van der Waals surface area contributed by atoms with Crippen molar-refractivity contribution in [1.82, 2.24) is 10.6 Å². The maximum Gasteiger partial charge on any atom is 0.418 e. The summed E-state index contributed by atoms with van der Waals surface area (Å²) in [7, 11) is 1.57. The zero-order chi connectivity index (χ0) is 19.2. The summed E-state index contributed by atoms with van der Waals surface area (Å²) in [6.45, 7) is 1.50. The fraction of sp³-hybridized carbons (Fsp3) is 0.211. The summed E-state index contributed by atoms with van der Waals surface area (Å²) in [6.07, 6.45) is -1.11. The topological polar surface area (TPSA) is 103 Å². The van der Waals surface area contributed by atoms with Crippen molar-refractivity contribution in [3.63, 3.8) is 0 Å². The number of hydrogen-bond acceptors (Lipinski definition) is 5. The first-order chi connectivity index (χ1) is 13.1. The summed E-state index contributed by atoms with van der Waals surface area (Å²) in [5.74, 6) is 0.813. The number of ether oxygens (including phenoxy) is 1. The molecule has 0 aliphatic carbocycles. The van der Waals surface area contributed by atoms with Crippen LogP contribution in [0.3, 0.4) is 0 Å². The van der Waals surface area contributed by atoms with Crippen molar-refractivity contribution >= 4 is 23.6 Å². The Bertz CT molecular complexity index is 847. The van der Waals surface area contributed by atoms with Gasteiger partial charge in [-0.25, -0.2) is 9.69 Å². The molecule has 0 spiro atoms. The Morgan fingerprint density at radius 3 is 2.44 bits per heavy atom. The lowest BCUT2D eigenvalue weighted by Gasteiger charge is -2.19. The molecule has 1 heterocycles. The minimum Gasteiger partial charge on any atom is -0.497 e. The molecule has 8 heteroatoms. The van der Waals surface area contributed by atoms with Crippen molar-refractivity contribution in [2.24, 2.45) is 4.99 Å². The standard InChI is InChI=1S/C19H20N4O4/c1-27-16-8-4-14(5-9-16)17(24)22-12-13-2-6-15(7-3-13)23(19(25)26)18-20-10-11-21-18/h2-9H,10-12H2,1H3,(H,20,21)(H,22,24)(H,25,26). The van der Waals surface area contributed by atoms with Crippen LogP contribution in [-0.4, -0.2) is 43.3 Å². The smallest absolute Gasteiger partial charge is 0.418 e. The lowest BCUT2D eigenvalue weighted by Crippen LogP contribution is -2.42. The van der Waals surface area contributed by atoms with E-state index in [1.165, 1.54) is 0 Å². The first-order valence-electron chi connectivity index (χ1n) is 8.41. The Hall–Kier alpha value is -3.55. The molecule has 0 saturated heterocycles. The Balaban J connectivity index is 1.63. The number of amides is 2. The Labute approximate surface area is 156 Å². The first-order valence-corrected chi connectivity index (χ1v) is 8.41. The van der Waals surface area contributed by atoms with Crippen molar-refractivity contribution < 1.29 is 19.4 Å². The average Bonchev–Trinajstić information content (AvgIpc) is 3.21. The van der Waals surface area contributed by atoms with E-state index in [9.17, 15) is 14.7 Å². The number of benzene rings is 2. The molecule has 2 aromatic carbocycles. The van der Waals surface area contributed by atoms with Crippen LogP contribution in [0.1, 0.15) is 15.9 Å². The number of aliphatic imine (C=N–C) groups is 1. The molecule has 2 amide bonds. The van der Waals surface area contributed by atoms with Crippen LogP contribution in [0.15, 0.2) is 53.5 Å². The summed E-state index contributed by atoms with van der Waals surface area (Å²) >= 11 is 0. The van der Waals surface area contributed by atoms with Crippen molar-refractivity contribution in [3.05, 3.63) is 59.7 Å². The van der Waals surface area contributed by atoms with Gasteiger partial charge in [-0.3, -0.25) is 9.79 Å². The summed E-state index contributed by atoms with van der Waals surface area (Å²) in [5.41, 5.74) is 1.88. The lowest BCUT2D eigenvalue weighted by atomic mass is 10.1. The molecule has 3 rings (SSSR count). The average molecular weight is 368 g/mol. The van der Waals surface area contributed by atoms with E-state index in [1.54, 1.807) is 55.6 Å². The van der Waals surface area contributed by atoms with Gasteiger partial charge in [0.1, 0.15) is 5.75 Å². The molecule has 1 aliphatic heterocycles. The monoisotopic (exact) mass is 368 g/mol. The molecule has 27 heavy (non-hydrogen) atoms. The van der Waals surface area contributed by atoms with Gasteiger partial charge in [-0.05, 0) is 42.0 Å². The van der Waals surface area contributed by atoms with Gasteiger partial charge in [-0.15, -0.1) is 0 Å². The quantitative estimate of drug-likeness (QED) is 0.750. The largest absolute Gasteiger partial charge is 0.497 e. The van der Waals surface area contributed by atoms with E-state index >= 15 is 0 Å². The predicted molar refractivity (Wildman–Crippen MR) is 101 cm³/mol. The van der Waals surface area contributed by atoms with Crippen molar-refractivity contribution in [2.75, 3.05) is 25.1 Å². The fourth-order valence-corrected chi connectivity index (χ4v) is 2.65. The molecule has 1 aliphatic rings. The highest BCUT2D eigenvalue weighted by Gasteiger charge is 2.22. The van der Waals surface area contributed by atoms with Gasteiger partial charge in [0.25, 0.3) is 5.91 Å².